The molecule has 3 heterocycles. The van der Waals surface area contributed by atoms with Gasteiger partial charge in [0.15, 0.2) is 0 Å². The molecule has 6 nitrogen and oxygen atoms in total. The SMILES string of the molecule is CCN1CCCC1CN1CC(C(=O)N2CC[C@@H](N)C2)CC1=O. The summed E-state index contributed by atoms with van der Waals surface area (Å²) in [6, 6.07) is 0.580. The van der Waals surface area contributed by atoms with Crippen LogP contribution in [0.2, 0.25) is 0 Å². The van der Waals surface area contributed by atoms with Crippen LogP contribution in [0.5, 0.6) is 0 Å². The minimum Gasteiger partial charge on any atom is -0.341 e. The Morgan fingerprint density at radius 2 is 2.09 bits per heavy atom. The number of likely N-dealkylation sites (tertiary alicyclic amines) is 3. The van der Waals surface area contributed by atoms with Crippen molar-refractivity contribution in [3.8, 4) is 0 Å². The molecule has 3 saturated heterocycles. The lowest BCUT2D eigenvalue weighted by Gasteiger charge is -2.28. The molecule has 0 radical (unpaired) electrons. The fourth-order valence-electron chi connectivity index (χ4n) is 4.13. The van der Waals surface area contributed by atoms with Gasteiger partial charge in [-0.3, -0.25) is 14.5 Å². The molecule has 3 rings (SSSR count). The summed E-state index contributed by atoms with van der Waals surface area (Å²) in [7, 11) is 0. The lowest BCUT2D eigenvalue weighted by atomic mass is 10.1. The van der Waals surface area contributed by atoms with Gasteiger partial charge in [0, 0.05) is 44.7 Å². The number of hydrogen-bond donors (Lipinski definition) is 1. The van der Waals surface area contributed by atoms with E-state index in [1.165, 1.54) is 6.42 Å². The first-order valence-electron chi connectivity index (χ1n) is 8.64. The van der Waals surface area contributed by atoms with Crippen LogP contribution in [0.1, 0.15) is 32.6 Å². The van der Waals surface area contributed by atoms with Gasteiger partial charge in [0.2, 0.25) is 11.8 Å². The van der Waals surface area contributed by atoms with E-state index in [0.29, 0.717) is 25.6 Å². The van der Waals surface area contributed by atoms with Crippen LogP contribution in [0.25, 0.3) is 0 Å². The van der Waals surface area contributed by atoms with E-state index in [1.807, 2.05) is 9.80 Å². The van der Waals surface area contributed by atoms with E-state index in [1.54, 1.807) is 0 Å². The van der Waals surface area contributed by atoms with Gasteiger partial charge in [-0.2, -0.15) is 0 Å². The summed E-state index contributed by atoms with van der Waals surface area (Å²) in [5.74, 6) is 0.113. The number of amides is 2. The summed E-state index contributed by atoms with van der Waals surface area (Å²) >= 11 is 0. The van der Waals surface area contributed by atoms with E-state index in [0.717, 1.165) is 39.0 Å². The second-order valence-electron chi connectivity index (χ2n) is 6.96. The molecule has 0 saturated carbocycles. The summed E-state index contributed by atoms with van der Waals surface area (Å²) in [5, 5.41) is 0. The van der Waals surface area contributed by atoms with Gasteiger partial charge in [-0.05, 0) is 32.4 Å². The van der Waals surface area contributed by atoms with Crippen molar-refractivity contribution >= 4 is 11.8 Å². The van der Waals surface area contributed by atoms with Crippen molar-refractivity contribution < 1.29 is 9.59 Å². The Bertz CT molecular complexity index is 442. The Balaban J connectivity index is 1.55. The third-order valence-corrected chi connectivity index (χ3v) is 5.44. The summed E-state index contributed by atoms with van der Waals surface area (Å²) in [6.07, 6.45) is 3.64. The quantitative estimate of drug-likeness (QED) is 0.786. The van der Waals surface area contributed by atoms with Crippen LogP contribution >= 0.6 is 0 Å². The predicted molar refractivity (Wildman–Crippen MR) is 84.1 cm³/mol. The second-order valence-corrected chi connectivity index (χ2v) is 6.96. The fourth-order valence-corrected chi connectivity index (χ4v) is 4.13. The molecule has 3 fully saturated rings. The zero-order valence-electron chi connectivity index (χ0n) is 13.5. The van der Waals surface area contributed by atoms with Crippen molar-refractivity contribution in [2.24, 2.45) is 11.7 Å². The maximum atomic E-state index is 12.5. The van der Waals surface area contributed by atoms with Gasteiger partial charge in [-0.25, -0.2) is 0 Å². The van der Waals surface area contributed by atoms with Crippen LogP contribution < -0.4 is 5.73 Å². The molecule has 124 valence electrons. The second kappa shape index (κ2) is 6.54. The fraction of sp³-hybridized carbons (Fsp3) is 0.875. The molecule has 0 aliphatic carbocycles. The molecule has 3 atom stereocenters. The monoisotopic (exact) mass is 308 g/mol. The molecule has 2 amide bonds. The number of nitrogens with two attached hydrogens (primary N) is 1. The molecular formula is C16H28N4O2. The first-order valence-corrected chi connectivity index (χ1v) is 8.64. The van der Waals surface area contributed by atoms with Crippen molar-refractivity contribution in [2.45, 2.75) is 44.7 Å². The number of carbonyl (C=O) groups is 2. The molecule has 2 unspecified atom stereocenters. The highest BCUT2D eigenvalue weighted by Crippen LogP contribution is 2.25. The van der Waals surface area contributed by atoms with Gasteiger partial charge in [0.1, 0.15) is 0 Å². The lowest BCUT2D eigenvalue weighted by Crippen LogP contribution is -2.42. The first kappa shape index (κ1) is 15.7. The van der Waals surface area contributed by atoms with Crippen molar-refractivity contribution in [3.05, 3.63) is 0 Å². The van der Waals surface area contributed by atoms with Crippen LogP contribution in [-0.2, 0) is 9.59 Å². The van der Waals surface area contributed by atoms with Crippen molar-refractivity contribution in [2.75, 3.05) is 39.3 Å². The predicted octanol–water partition coefficient (Wildman–Crippen LogP) is -0.121. The molecule has 2 N–H and O–H groups in total. The van der Waals surface area contributed by atoms with Crippen LogP contribution in [-0.4, -0.2) is 77.9 Å². The molecule has 0 aromatic carbocycles. The smallest absolute Gasteiger partial charge is 0.228 e. The molecular weight excluding hydrogens is 280 g/mol. The van der Waals surface area contributed by atoms with E-state index in [-0.39, 0.29) is 23.8 Å². The first-order chi connectivity index (χ1) is 10.6. The zero-order chi connectivity index (χ0) is 15.7. The van der Waals surface area contributed by atoms with Crippen LogP contribution in [0.3, 0.4) is 0 Å². The highest BCUT2D eigenvalue weighted by Gasteiger charge is 2.39. The Morgan fingerprint density at radius 3 is 2.77 bits per heavy atom. The highest BCUT2D eigenvalue weighted by atomic mass is 16.2. The molecule has 22 heavy (non-hydrogen) atoms. The average molecular weight is 308 g/mol. The van der Waals surface area contributed by atoms with Crippen molar-refractivity contribution in [1.82, 2.24) is 14.7 Å². The third-order valence-electron chi connectivity index (χ3n) is 5.44. The van der Waals surface area contributed by atoms with Crippen molar-refractivity contribution in [1.29, 1.82) is 0 Å². The van der Waals surface area contributed by atoms with E-state index < -0.39 is 0 Å². The number of likely N-dealkylation sites (N-methyl/N-ethyl adjacent to an activating group) is 1. The molecule has 3 aliphatic heterocycles. The molecule has 0 aromatic rings. The molecule has 3 aliphatic rings. The van der Waals surface area contributed by atoms with Crippen molar-refractivity contribution in [3.63, 3.8) is 0 Å². The number of hydrogen-bond acceptors (Lipinski definition) is 4. The normalized spacial score (nSPS) is 33.2. The van der Waals surface area contributed by atoms with Crippen LogP contribution in [0.4, 0.5) is 0 Å². The van der Waals surface area contributed by atoms with E-state index in [2.05, 4.69) is 11.8 Å². The molecule has 6 heteroatoms. The molecule has 0 spiro atoms. The Hall–Kier alpha value is -1.14. The van der Waals surface area contributed by atoms with Crippen LogP contribution in [0.15, 0.2) is 0 Å². The van der Waals surface area contributed by atoms with Gasteiger partial charge in [-0.1, -0.05) is 6.92 Å². The number of nitrogens with zero attached hydrogens (tertiary/aromatic N) is 3. The van der Waals surface area contributed by atoms with E-state index in [9.17, 15) is 9.59 Å². The Kier molecular flexibility index (Phi) is 4.68. The largest absolute Gasteiger partial charge is 0.341 e. The summed E-state index contributed by atoms with van der Waals surface area (Å²) in [6.45, 7) is 7.13. The summed E-state index contributed by atoms with van der Waals surface area (Å²) in [4.78, 5) is 31.0. The topological polar surface area (TPSA) is 69.9 Å². The van der Waals surface area contributed by atoms with Gasteiger partial charge in [0.05, 0.1) is 5.92 Å². The van der Waals surface area contributed by atoms with Gasteiger partial charge in [0.25, 0.3) is 0 Å². The lowest BCUT2D eigenvalue weighted by molar-refractivity contribution is -0.134. The third kappa shape index (κ3) is 3.13. The van der Waals surface area contributed by atoms with E-state index >= 15 is 0 Å². The maximum Gasteiger partial charge on any atom is 0.228 e. The van der Waals surface area contributed by atoms with E-state index in [4.69, 9.17) is 5.73 Å². The number of rotatable bonds is 4. The summed E-state index contributed by atoms with van der Waals surface area (Å²) in [5.41, 5.74) is 5.88. The minimum atomic E-state index is -0.158. The van der Waals surface area contributed by atoms with Crippen LogP contribution in [0, 0.1) is 5.92 Å². The number of carbonyl (C=O) groups excluding carboxylic acids is 2. The standard InChI is InChI=1S/C16H28N4O2/c1-2-18-6-3-4-14(18)11-20-9-12(8-15(20)21)16(22)19-7-5-13(17)10-19/h12-14H,2-11,17H2,1H3/t12?,13-,14?/m1/s1. The zero-order valence-corrected chi connectivity index (χ0v) is 13.5. The Morgan fingerprint density at radius 1 is 1.27 bits per heavy atom. The minimum absolute atomic E-state index is 0.105. The van der Waals surface area contributed by atoms with Gasteiger partial charge in [-0.15, -0.1) is 0 Å². The highest BCUT2D eigenvalue weighted by molar-refractivity contribution is 5.89. The summed E-state index contributed by atoms with van der Waals surface area (Å²) < 4.78 is 0. The average Bonchev–Trinajstić information content (AvgIpc) is 3.20. The maximum absolute atomic E-state index is 12.5. The molecule has 0 bridgehead atoms. The molecule has 0 aromatic heterocycles. The Labute approximate surface area is 132 Å². The van der Waals surface area contributed by atoms with Gasteiger partial charge < -0.3 is 15.5 Å². The van der Waals surface area contributed by atoms with Gasteiger partial charge >= 0.3 is 0 Å².